The van der Waals surface area contributed by atoms with Crippen LogP contribution in [0.3, 0.4) is 0 Å². The molecule has 160 valence electrons. The highest BCUT2D eigenvalue weighted by molar-refractivity contribution is 5.76. The molecule has 0 aliphatic carbocycles. The maximum absolute atomic E-state index is 5.76. The molecule has 2 aromatic heterocycles. The third-order valence-electron chi connectivity index (χ3n) is 5.70. The van der Waals surface area contributed by atoms with E-state index >= 15 is 0 Å². The van der Waals surface area contributed by atoms with Crippen LogP contribution in [-0.4, -0.2) is 32.5 Å². The van der Waals surface area contributed by atoms with Gasteiger partial charge in [0, 0.05) is 19.3 Å². The summed E-state index contributed by atoms with van der Waals surface area (Å²) >= 11 is 0. The molecule has 2 N–H and O–H groups in total. The number of pyridine rings is 1. The summed E-state index contributed by atoms with van der Waals surface area (Å²) < 4.78 is 2.35. The first-order chi connectivity index (χ1) is 15.2. The van der Waals surface area contributed by atoms with E-state index in [2.05, 4.69) is 82.0 Å². The van der Waals surface area contributed by atoms with Crippen LogP contribution in [0.15, 0.2) is 72.9 Å². The molecule has 0 aliphatic heterocycles. The summed E-state index contributed by atoms with van der Waals surface area (Å²) in [5.41, 5.74) is 11.6. The standard InChI is InChI=1S/C26H31N5/c1-21-10-9-16-28-24(21)19-30(17-8-7-15-27)20-26-29-23-13-5-6-14-25(23)31(26)18-22-11-3-2-4-12-22/h2-6,9-14,16H,7-8,15,17-20,27H2,1H3. The topological polar surface area (TPSA) is 60.0 Å². The highest BCUT2D eigenvalue weighted by Crippen LogP contribution is 2.20. The van der Waals surface area contributed by atoms with Crippen molar-refractivity contribution in [3.05, 3.63) is 95.6 Å². The summed E-state index contributed by atoms with van der Waals surface area (Å²) in [6.07, 6.45) is 3.98. The summed E-state index contributed by atoms with van der Waals surface area (Å²) in [6, 6.07) is 23.1. The lowest BCUT2D eigenvalue weighted by molar-refractivity contribution is 0.239. The van der Waals surface area contributed by atoms with Crippen LogP contribution in [0, 0.1) is 6.92 Å². The van der Waals surface area contributed by atoms with Crippen molar-refractivity contribution in [2.24, 2.45) is 5.73 Å². The minimum absolute atomic E-state index is 0.725. The molecule has 2 heterocycles. The Morgan fingerprint density at radius 1 is 0.903 bits per heavy atom. The Labute approximate surface area is 184 Å². The maximum atomic E-state index is 5.76. The van der Waals surface area contributed by atoms with Gasteiger partial charge in [0.15, 0.2) is 0 Å². The van der Waals surface area contributed by atoms with E-state index in [1.54, 1.807) is 0 Å². The Balaban J connectivity index is 1.64. The summed E-state index contributed by atoms with van der Waals surface area (Å²) in [4.78, 5) is 12.1. The number of fused-ring (bicyclic) bond motifs is 1. The van der Waals surface area contributed by atoms with Crippen LogP contribution in [-0.2, 0) is 19.6 Å². The van der Waals surface area contributed by atoms with E-state index in [0.717, 1.165) is 62.6 Å². The molecule has 5 heteroatoms. The average molecular weight is 414 g/mol. The van der Waals surface area contributed by atoms with Gasteiger partial charge in [-0.25, -0.2) is 4.98 Å². The van der Waals surface area contributed by atoms with E-state index in [1.807, 2.05) is 12.3 Å². The van der Waals surface area contributed by atoms with Crippen molar-refractivity contribution in [2.75, 3.05) is 13.1 Å². The molecule has 0 bridgehead atoms. The number of aryl methyl sites for hydroxylation is 1. The average Bonchev–Trinajstić information content (AvgIpc) is 3.13. The van der Waals surface area contributed by atoms with Crippen LogP contribution in [0.2, 0.25) is 0 Å². The zero-order valence-corrected chi connectivity index (χ0v) is 18.2. The number of benzene rings is 2. The minimum atomic E-state index is 0.725. The lowest BCUT2D eigenvalue weighted by atomic mass is 10.2. The van der Waals surface area contributed by atoms with Gasteiger partial charge < -0.3 is 10.3 Å². The van der Waals surface area contributed by atoms with Gasteiger partial charge in [0.1, 0.15) is 5.82 Å². The monoisotopic (exact) mass is 413 g/mol. The van der Waals surface area contributed by atoms with Gasteiger partial charge >= 0.3 is 0 Å². The Morgan fingerprint density at radius 3 is 2.52 bits per heavy atom. The molecule has 4 aromatic rings. The number of para-hydroxylation sites is 2. The quantitative estimate of drug-likeness (QED) is 0.388. The molecule has 5 nitrogen and oxygen atoms in total. The predicted octanol–water partition coefficient (Wildman–Crippen LogP) is 4.53. The third-order valence-corrected chi connectivity index (χ3v) is 5.70. The van der Waals surface area contributed by atoms with Crippen LogP contribution in [0.25, 0.3) is 11.0 Å². The first kappa shape index (κ1) is 21.2. The van der Waals surface area contributed by atoms with Crippen molar-refractivity contribution in [2.45, 2.75) is 39.4 Å². The lowest BCUT2D eigenvalue weighted by Gasteiger charge is -2.23. The van der Waals surface area contributed by atoms with Gasteiger partial charge in [-0.3, -0.25) is 9.88 Å². The summed E-state index contributed by atoms with van der Waals surface area (Å²) in [7, 11) is 0. The molecule has 4 rings (SSSR count). The largest absolute Gasteiger partial charge is 0.330 e. The Morgan fingerprint density at radius 2 is 1.71 bits per heavy atom. The van der Waals surface area contributed by atoms with E-state index in [0.29, 0.717) is 0 Å². The molecule has 2 aromatic carbocycles. The van der Waals surface area contributed by atoms with E-state index in [-0.39, 0.29) is 0 Å². The number of unbranched alkanes of at least 4 members (excludes halogenated alkanes) is 1. The smallest absolute Gasteiger partial charge is 0.124 e. The van der Waals surface area contributed by atoms with E-state index in [1.165, 1.54) is 16.6 Å². The minimum Gasteiger partial charge on any atom is -0.330 e. The van der Waals surface area contributed by atoms with Gasteiger partial charge in [0.2, 0.25) is 0 Å². The summed E-state index contributed by atoms with van der Waals surface area (Å²) in [5, 5.41) is 0. The van der Waals surface area contributed by atoms with Gasteiger partial charge in [0.05, 0.1) is 23.3 Å². The van der Waals surface area contributed by atoms with Crippen LogP contribution in [0.4, 0.5) is 0 Å². The molecule has 0 unspecified atom stereocenters. The Bertz CT molecular complexity index is 1100. The zero-order valence-electron chi connectivity index (χ0n) is 18.2. The third kappa shape index (κ3) is 5.37. The van der Waals surface area contributed by atoms with Gasteiger partial charge in [-0.05, 0) is 62.2 Å². The fourth-order valence-corrected chi connectivity index (χ4v) is 3.98. The first-order valence-electron chi connectivity index (χ1n) is 11.1. The van der Waals surface area contributed by atoms with Crippen molar-refractivity contribution in [1.29, 1.82) is 0 Å². The number of nitrogens with two attached hydrogens (primary N) is 1. The lowest BCUT2D eigenvalue weighted by Crippen LogP contribution is -2.27. The number of rotatable bonds is 10. The molecule has 0 saturated heterocycles. The molecular weight excluding hydrogens is 382 g/mol. The number of imidazole rings is 1. The van der Waals surface area contributed by atoms with Gasteiger partial charge in [-0.15, -0.1) is 0 Å². The molecule has 0 spiro atoms. The summed E-state index contributed by atoms with van der Waals surface area (Å²) in [5.74, 6) is 1.09. The van der Waals surface area contributed by atoms with E-state index in [4.69, 9.17) is 10.7 Å². The molecular formula is C26H31N5. The van der Waals surface area contributed by atoms with Crippen molar-refractivity contribution in [3.63, 3.8) is 0 Å². The molecule has 0 atom stereocenters. The Kier molecular flexibility index (Phi) is 7.07. The highest BCUT2D eigenvalue weighted by atomic mass is 15.2. The van der Waals surface area contributed by atoms with Gasteiger partial charge in [0.25, 0.3) is 0 Å². The number of hydrogen-bond acceptors (Lipinski definition) is 4. The highest BCUT2D eigenvalue weighted by Gasteiger charge is 2.16. The normalized spacial score (nSPS) is 11.5. The molecule has 0 fully saturated rings. The molecule has 0 saturated carbocycles. The van der Waals surface area contributed by atoms with Crippen molar-refractivity contribution in [1.82, 2.24) is 19.4 Å². The SMILES string of the molecule is Cc1cccnc1CN(CCCCN)Cc1nc2ccccc2n1Cc1ccccc1. The number of nitrogens with zero attached hydrogens (tertiary/aromatic N) is 4. The van der Waals surface area contributed by atoms with Crippen LogP contribution < -0.4 is 5.73 Å². The predicted molar refractivity (Wildman–Crippen MR) is 127 cm³/mol. The van der Waals surface area contributed by atoms with Crippen molar-refractivity contribution < 1.29 is 0 Å². The van der Waals surface area contributed by atoms with Gasteiger partial charge in [-0.1, -0.05) is 48.5 Å². The second kappa shape index (κ2) is 10.3. The van der Waals surface area contributed by atoms with Gasteiger partial charge in [-0.2, -0.15) is 0 Å². The van der Waals surface area contributed by atoms with Crippen LogP contribution >= 0.6 is 0 Å². The van der Waals surface area contributed by atoms with Crippen LogP contribution in [0.1, 0.15) is 35.5 Å². The first-order valence-corrected chi connectivity index (χ1v) is 11.1. The Hall–Kier alpha value is -3.02. The molecule has 0 aliphatic rings. The van der Waals surface area contributed by atoms with E-state index in [9.17, 15) is 0 Å². The van der Waals surface area contributed by atoms with Crippen molar-refractivity contribution >= 4 is 11.0 Å². The molecule has 0 radical (unpaired) electrons. The van der Waals surface area contributed by atoms with E-state index < -0.39 is 0 Å². The zero-order chi connectivity index (χ0) is 21.5. The van der Waals surface area contributed by atoms with Crippen LogP contribution in [0.5, 0.6) is 0 Å². The maximum Gasteiger partial charge on any atom is 0.124 e. The molecule has 31 heavy (non-hydrogen) atoms. The summed E-state index contributed by atoms with van der Waals surface area (Å²) in [6.45, 7) is 6.24. The fraction of sp³-hybridized carbons (Fsp3) is 0.308. The van der Waals surface area contributed by atoms with Crippen molar-refractivity contribution in [3.8, 4) is 0 Å². The fourth-order valence-electron chi connectivity index (χ4n) is 3.98. The number of aromatic nitrogens is 3. The second-order valence-corrected chi connectivity index (χ2v) is 8.06. The number of hydrogen-bond donors (Lipinski definition) is 1. The molecule has 0 amide bonds. The second-order valence-electron chi connectivity index (χ2n) is 8.06.